The van der Waals surface area contributed by atoms with Crippen molar-refractivity contribution < 1.29 is 23.4 Å². The minimum atomic E-state index is -1.16. The lowest BCUT2D eigenvalue weighted by molar-refractivity contribution is -0.128. The molecule has 0 saturated heterocycles. The van der Waals surface area contributed by atoms with Crippen LogP contribution < -0.4 is 19.5 Å². The number of methoxy groups -OCH3 is 2. The Labute approximate surface area is 140 Å². The molecule has 0 unspecified atom stereocenters. The van der Waals surface area contributed by atoms with Gasteiger partial charge in [-0.2, -0.15) is 0 Å². The molecule has 24 heavy (non-hydrogen) atoms. The number of halogens is 1. The van der Waals surface area contributed by atoms with E-state index < -0.39 is 5.60 Å². The van der Waals surface area contributed by atoms with E-state index in [0.29, 0.717) is 22.9 Å². The van der Waals surface area contributed by atoms with E-state index >= 15 is 0 Å². The van der Waals surface area contributed by atoms with Crippen molar-refractivity contribution in [2.45, 2.75) is 19.4 Å². The van der Waals surface area contributed by atoms with Crippen LogP contribution in [-0.2, 0) is 4.79 Å². The number of ether oxygens (including phenoxy) is 3. The fraction of sp³-hybridized carbons (Fsp3) is 0.278. The Morgan fingerprint density at radius 1 is 1.00 bits per heavy atom. The number of amides is 1. The molecule has 0 atom stereocenters. The lowest BCUT2D eigenvalue weighted by Crippen LogP contribution is -2.42. The maximum atomic E-state index is 13.0. The Hall–Kier alpha value is -2.76. The van der Waals surface area contributed by atoms with Crippen molar-refractivity contribution >= 4 is 11.6 Å². The fourth-order valence-electron chi connectivity index (χ4n) is 2.02. The zero-order valence-electron chi connectivity index (χ0n) is 14.1. The summed E-state index contributed by atoms with van der Waals surface area (Å²) >= 11 is 0. The van der Waals surface area contributed by atoms with Crippen LogP contribution >= 0.6 is 0 Å². The summed E-state index contributed by atoms with van der Waals surface area (Å²) < 4.78 is 29.0. The molecule has 0 spiro atoms. The quantitative estimate of drug-likeness (QED) is 0.877. The second-order valence-electron chi connectivity index (χ2n) is 5.59. The van der Waals surface area contributed by atoms with Gasteiger partial charge in [-0.3, -0.25) is 4.79 Å². The first kappa shape index (κ1) is 17.6. The van der Waals surface area contributed by atoms with Gasteiger partial charge in [0, 0.05) is 6.07 Å². The number of nitrogens with one attached hydrogen (secondary N) is 1. The van der Waals surface area contributed by atoms with E-state index in [4.69, 9.17) is 14.2 Å². The van der Waals surface area contributed by atoms with Crippen molar-refractivity contribution in [3.8, 4) is 17.2 Å². The molecule has 2 aromatic carbocycles. The lowest BCUT2D eigenvalue weighted by Gasteiger charge is -2.25. The monoisotopic (exact) mass is 333 g/mol. The maximum Gasteiger partial charge on any atom is 0.268 e. The molecular weight excluding hydrogens is 313 g/mol. The smallest absolute Gasteiger partial charge is 0.268 e. The maximum absolute atomic E-state index is 13.0. The van der Waals surface area contributed by atoms with Crippen LogP contribution in [0.15, 0.2) is 42.5 Å². The minimum absolute atomic E-state index is 0.365. The SMILES string of the molecule is COc1ccc(NC(=O)C(C)(C)Oc2ccc(F)cc2)c(OC)c1. The number of rotatable bonds is 6. The van der Waals surface area contributed by atoms with Crippen LogP contribution in [0.2, 0.25) is 0 Å². The fourth-order valence-corrected chi connectivity index (χ4v) is 2.02. The van der Waals surface area contributed by atoms with Gasteiger partial charge >= 0.3 is 0 Å². The molecule has 1 amide bonds. The molecule has 0 aliphatic heterocycles. The van der Waals surface area contributed by atoms with E-state index in [1.807, 2.05) is 0 Å². The first-order valence-electron chi connectivity index (χ1n) is 7.34. The van der Waals surface area contributed by atoms with Gasteiger partial charge in [0.1, 0.15) is 23.1 Å². The van der Waals surface area contributed by atoms with E-state index in [2.05, 4.69) is 5.32 Å². The van der Waals surface area contributed by atoms with Crippen molar-refractivity contribution in [3.05, 3.63) is 48.3 Å². The van der Waals surface area contributed by atoms with Crippen molar-refractivity contribution in [2.75, 3.05) is 19.5 Å². The van der Waals surface area contributed by atoms with Crippen molar-refractivity contribution in [1.29, 1.82) is 0 Å². The van der Waals surface area contributed by atoms with Gasteiger partial charge in [-0.15, -0.1) is 0 Å². The van der Waals surface area contributed by atoms with Crippen LogP contribution in [0.4, 0.5) is 10.1 Å². The highest BCUT2D eigenvalue weighted by Crippen LogP contribution is 2.30. The predicted molar refractivity (Wildman–Crippen MR) is 89.3 cm³/mol. The molecular formula is C18H20FNO4. The molecule has 0 aliphatic rings. The summed E-state index contributed by atoms with van der Waals surface area (Å²) in [5.74, 6) is 0.757. The average Bonchev–Trinajstić information content (AvgIpc) is 2.57. The first-order valence-corrected chi connectivity index (χ1v) is 7.34. The van der Waals surface area contributed by atoms with Gasteiger partial charge in [0.15, 0.2) is 5.60 Å². The normalized spacial score (nSPS) is 10.9. The summed E-state index contributed by atoms with van der Waals surface area (Å²) in [6, 6.07) is 10.6. The number of benzene rings is 2. The van der Waals surface area contributed by atoms with Crippen LogP contribution in [0.3, 0.4) is 0 Å². The lowest BCUT2D eigenvalue weighted by atomic mass is 10.1. The summed E-state index contributed by atoms with van der Waals surface area (Å²) in [5, 5.41) is 2.77. The van der Waals surface area contributed by atoms with Crippen molar-refractivity contribution in [3.63, 3.8) is 0 Å². The van der Waals surface area contributed by atoms with Crippen LogP contribution in [0, 0.1) is 5.82 Å². The molecule has 2 aromatic rings. The number of hydrogen-bond donors (Lipinski definition) is 1. The highest BCUT2D eigenvalue weighted by molar-refractivity contribution is 5.98. The highest BCUT2D eigenvalue weighted by atomic mass is 19.1. The molecule has 0 heterocycles. The van der Waals surface area contributed by atoms with Gasteiger partial charge in [-0.1, -0.05) is 0 Å². The summed E-state index contributed by atoms with van der Waals surface area (Å²) in [6.07, 6.45) is 0. The number of hydrogen-bond acceptors (Lipinski definition) is 4. The minimum Gasteiger partial charge on any atom is -0.497 e. The third kappa shape index (κ3) is 4.16. The third-order valence-corrected chi connectivity index (χ3v) is 3.39. The molecule has 5 nitrogen and oxygen atoms in total. The number of carbonyl (C=O) groups is 1. The zero-order valence-corrected chi connectivity index (χ0v) is 14.1. The molecule has 0 bridgehead atoms. The van der Waals surface area contributed by atoms with Crippen LogP contribution in [-0.4, -0.2) is 25.7 Å². The Morgan fingerprint density at radius 2 is 1.62 bits per heavy atom. The van der Waals surface area contributed by atoms with Crippen molar-refractivity contribution in [2.24, 2.45) is 0 Å². The average molecular weight is 333 g/mol. The van der Waals surface area contributed by atoms with Gasteiger partial charge in [-0.05, 0) is 50.2 Å². The van der Waals surface area contributed by atoms with E-state index in [-0.39, 0.29) is 11.7 Å². The summed E-state index contributed by atoms with van der Waals surface area (Å²) in [5.41, 5.74) is -0.665. The topological polar surface area (TPSA) is 56.8 Å². The van der Waals surface area contributed by atoms with Gasteiger partial charge in [0.05, 0.1) is 19.9 Å². The molecule has 0 radical (unpaired) electrons. The van der Waals surface area contributed by atoms with Gasteiger partial charge in [-0.25, -0.2) is 4.39 Å². The Bertz CT molecular complexity index is 713. The molecule has 0 fully saturated rings. The largest absolute Gasteiger partial charge is 0.497 e. The van der Waals surface area contributed by atoms with Crippen LogP contribution in [0.25, 0.3) is 0 Å². The molecule has 6 heteroatoms. The van der Waals surface area contributed by atoms with Gasteiger partial charge in [0.25, 0.3) is 5.91 Å². The third-order valence-electron chi connectivity index (χ3n) is 3.39. The molecule has 0 saturated carbocycles. The second kappa shape index (κ2) is 7.21. The summed E-state index contributed by atoms with van der Waals surface area (Å²) in [4.78, 5) is 12.5. The second-order valence-corrected chi connectivity index (χ2v) is 5.59. The Kier molecular flexibility index (Phi) is 5.28. The standard InChI is InChI=1S/C18H20FNO4/c1-18(2,24-13-7-5-12(19)6-8-13)17(21)20-15-10-9-14(22-3)11-16(15)23-4/h5-11H,1-4H3,(H,20,21). The van der Waals surface area contributed by atoms with E-state index in [9.17, 15) is 9.18 Å². The molecule has 0 aliphatic carbocycles. The van der Waals surface area contributed by atoms with E-state index in [1.165, 1.54) is 31.4 Å². The van der Waals surface area contributed by atoms with E-state index in [1.54, 1.807) is 39.2 Å². The first-order chi connectivity index (χ1) is 11.4. The molecule has 0 aromatic heterocycles. The number of anilines is 1. The van der Waals surface area contributed by atoms with Crippen molar-refractivity contribution in [1.82, 2.24) is 0 Å². The Balaban J connectivity index is 2.14. The highest BCUT2D eigenvalue weighted by Gasteiger charge is 2.30. The Morgan fingerprint density at radius 3 is 2.21 bits per heavy atom. The number of carbonyl (C=O) groups excluding carboxylic acids is 1. The van der Waals surface area contributed by atoms with Crippen LogP contribution in [0.5, 0.6) is 17.2 Å². The summed E-state index contributed by atoms with van der Waals surface area (Å²) in [6.45, 7) is 3.25. The van der Waals surface area contributed by atoms with E-state index in [0.717, 1.165) is 0 Å². The molecule has 128 valence electrons. The van der Waals surface area contributed by atoms with Gasteiger partial charge in [0.2, 0.25) is 0 Å². The molecule has 1 N–H and O–H groups in total. The van der Waals surface area contributed by atoms with Gasteiger partial charge < -0.3 is 19.5 Å². The zero-order chi connectivity index (χ0) is 17.7. The van der Waals surface area contributed by atoms with Crippen LogP contribution in [0.1, 0.15) is 13.8 Å². The summed E-state index contributed by atoms with van der Waals surface area (Å²) in [7, 11) is 3.05. The predicted octanol–water partition coefficient (Wildman–Crippen LogP) is 3.64. The molecule has 2 rings (SSSR count).